The van der Waals surface area contributed by atoms with Gasteiger partial charge in [0.15, 0.2) is 9.84 Å². The summed E-state index contributed by atoms with van der Waals surface area (Å²) < 4.78 is 31.4. The molecule has 2 heterocycles. The first kappa shape index (κ1) is 17.8. The number of nitrogens with zero attached hydrogens (tertiary/aromatic N) is 4. The van der Waals surface area contributed by atoms with Crippen LogP contribution in [0.25, 0.3) is 11.6 Å². The van der Waals surface area contributed by atoms with Gasteiger partial charge < -0.3 is 4.42 Å². The second-order valence-electron chi connectivity index (χ2n) is 5.86. The number of carbonyl (C=O) groups is 1. The van der Waals surface area contributed by atoms with Gasteiger partial charge in [-0.3, -0.25) is 14.8 Å². The molecule has 10 heteroatoms. The minimum Gasteiger partial charge on any atom is -0.401 e. The van der Waals surface area contributed by atoms with Crippen molar-refractivity contribution in [1.82, 2.24) is 20.0 Å². The number of sulfone groups is 1. The van der Waals surface area contributed by atoms with Crippen LogP contribution in [-0.4, -0.2) is 39.6 Å². The quantitative estimate of drug-likeness (QED) is 0.723. The predicted molar refractivity (Wildman–Crippen MR) is 93.2 cm³/mol. The Morgan fingerprint density at radius 3 is 2.65 bits per heavy atom. The normalized spacial score (nSPS) is 11.7. The lowest BCUT2D eigenvalue weighted by Gasteiger charge is -2.09. The van der Waals surface area contributed by atoms with Crippen molar-refractivity contribution in [3.05, 3.63) is 42.1 Å². The molecular weight excluding hydrogens is 358 g/mol. The molecule has 1 aromatic carbocycles. The van der Waals surface area contributed by atoms with Crippen molar-refractivity contribution in [2.45, 2.75) is 24.0 Å². The first-order valence-electron chi connectivity index (χ1n) is 7.76. The highest BCUT2D eigenvalue weighted by Crippen LogP contribution is 2.20. The summed E-state index contributed by atoms with van der Waals surface area (Å²) in [5.41, 5.74) is 0.648. The summed E-state index contributed by atoms with van der Waals surface area (Å²) in [6, 6.07) is 7.38. The lowest BCUT2D eigenvalue weighted by Crippen LogP contribution is -2.16. The van der Waals surface area contributed by atoms with Crippen LogP contribution < -0.4 is 5.32 Å². The second-order valence-corrected chi connectivity index (χ2v) is 8.37. The lowest BCUT2D eigenvalue weighted by atomic mass is 10.2. The van der Waals surface area contributed by atoms with Gasteiger partial charge in [0.05, 0.1) is 10.1 Å². The number of amides is 1. The molecule has 0 atom stereocenters. The molecule has 2 aromatic heterocycles. The van der Waals surface area contributed by atoms with Crippen LogP contribution in [-0.2, 0) is 16.9 Å². The standard InChI is InChI=1S/C16H17N5O4S/c1-10(2)26(23,24)12-6-4-5-11(9-12)14(22)17-16-19-18-15(25-16)13-7-8-21(3)20-13/h4-10H,1-3H3,(H,17,19,22). The first-order valence-corrected chi connectivity index (χ1v) is 9.31. The summed E-state index contributed by atoms with van der Waals surface area (Å²) in [5.74, 6) is -0.390. The number of rotatable bonds is 5. The molecule has 0 saturated carbocycles. The van der Waals surface area contributed by atoms with E-state index in [-0.39, 0.29) is 22.4 Å². The molecule has 136 valence electrons. The Bertz CT molecular complexity index is 1050. The van der Waals surface area contributed by atoms with Gasteiger partial charge in [0.25, 0.3) is 11.8 Å². The Balaban J connectivity index is 1.80. The fourth-order valence-electron chi connectivity index (χ4n) is 2.16. The summed E-state index contributed by atoms with van der Waals surface area (Å²) in [5, 5.41) is 13.6. The molecule has 0 unspecified atom stereocenters. The summed E-state index contributed by atoms with van der Waals surface area (Å²) in [6.45, 7) is 3.17. The SMILES string of the molecule is CC(C)S(=O)(=O)c1cccc(C(=O)Nc2nnc(-c3ccn(C)n3)o2)c1. The van der Waals surface area contributed by atoms with Crippen molar-refractivity contribution in [1.29, 1.82) is 0 Å². The van der Waals surface area contributed by atoms with Crippen LogP contribution in [0.2, 0.25) is 0 Å². The van der Waals surface area contributed by atoms with E-state index in [9.17, 15) is 13.2 Å². The smallest absolute Gasteiger partial charge is 0.322 e. The number of carbonyl (C=O) groups excluding carboxylic acids is 1. The molecular formula is C16H17N5O4S. The number of hydrogen-bond acceptors (Lipinski definition) is 7. The van der Waals surface area contributed by atoms with E-state index < -0.39 is 21.0 Å². The number of benzene rings is 1. The predicted octanol–water partition coefficient (Wildman–Crippen LogP) is 1.90. The Morgan fingerprint density at radius 1 is 1.23 bits per heavy atom. The molecule has 0 saturated heterocycles. The maximum atomic E-state index is 12.4. The van der Waals surface area contributed by atoms with Gasteiger partial charge in [-0.1, -0.05) is 11.2 Å². The van der Waals surface area contributed by atoms with Crippen molar-refractivity contribution < 1.29 is 17.6 Å². The average Bonchev–Trinajstić information content (AvgIpc) is 3.23. The molecule has 0 aliphatic rings. The Hall–Kier alpha value is -3.01. The van der Waals surface area contributed by atoms with E-state index in [0.717, 1.165) is 0 Å². The Morgan fingerprint density at radius 2 is 2.00 bits per heavy atom. The monoisotopic (exact) mass is 375 g/mol. The van der Waals surface area contributed by atoms with E-state index >= 15 is 0 Å². The van der Waals surface area contributed by atoms with E-state index in [1.54, 1.807) is 37.8 Å². The van der Waals surface area contributed by atoms with Crippen LogP contribution in [0.1, 0.15) is 24.2 Å². The number of anilines is 1. The summed E-state index contributed by atoms with van der Waals surface area (Å²) in [4.78, 5) is 12.4. The zero-order valence-corrected chi connectivity index (χ0v) is 15.2. The van der Waals surface area contributed by atoms with Crippen molar-refractivity contribution in [3.8, 4) is 11.6 Å². The van der Waals surface area contributed by atoms with E-state index in [2.05, 4.69) is 20.6 Å². The lowest BCUT2D eigenvalue weighted by molar-refractivity contribution is 0.102. The largest absolute Gasteiger partial charge is 0.401 e. The molecule has 9 nitrogen and oxygen atoms in total. The van der Waals surface area contributed by atoms with Gasteiger partial charge in [-0.2, -0.15) is 5.10 Å². The van der Waals surface area contributed by atoms with Crippen LogP contribution >= 0.6 is 0 Å². The number of hydrogen-bond donors (Lipinski definition) is 1. The molecule has 0 spiro atoms. The van der Waals surface area contributed by atoms with Crippen molar-refractivity contribution >= 4 is 21.8 Å². The molecule has 0 aliphatic carbocycles. The molecule has 3 rings (SSSR count). The van der Waals surface area contributed by atoms with Gasteiger partial charge in [-0.25, -0.2) is 8.42 Å². The van der Waals surface area contributed by atoms with Crippen molar-refractivity contribution in [2.24, 2.45) is 7.05 Å². The number of nitrogens with one attached hydrogen (secondary N) is 1. The van der Waals surface area contributed by atoms with Crippen LogP contribution in [0.3, 0.4) is 0 Å². The first-order chi connectivity index (χ1) is 12.3. The van der Waals surface area contributed by atoms with E-state index in [1.165, 1.54) is 24.3 Å². The van der Waals surface area contributed by atoms with Crippen LogP contribution in [0.15, 0.2) is 45.8 Å². The summed E-state index contributed by atoms with van der Waals surface area (Å²) in [6.07, 6.45) is 1.72. The molecule has 0 bridgehead atoms. The van der Waals surface area contributed by atoms with E-state index in [4.69, 9.17) is 4.42 Å². The second kappa shape index (κ2) is 6.71. The molecule has 0 fully saturated rings. The van der Waals surface area contributed by atoms with Gasteiger partial charge >= 0.3 is 6.01 Å². The minimum absolute atomic E-state index is 0.0832. The highest BCUT2D eigenvalue weighted by molar-refractivity contribution is 7.92. The maximum absolute atomic E-state index is 12.4. The fraction of sp³-hybridized carbons (Fsp3) is 0.250. The third kappa shape index (κ3) is 3.49. The molecule has 1 amide bonds. The zero-order chi connectivity index (χ0) is 18.9. The minimum atomic E-state index is -3.48. The van der Waals surface area contributed by atoms with Gasteiger partial charge in [0.1, 0.15) is 5.69 Å². The number of aromatic nitrogens is 4. The third-order valence-corrected chi connectivity index (χ3v) is 5.78. The third-order valence-electron chi connectivity index (χ3n) is 3.62. The van der Waals surface area contributed by atoms with Gasteiger partial charge in [-0.05, 0) is 38.1 Å². The number of aryl methyl sites for hydroxylation is 1. The fourth-order valence-corrected chi connectivity index (χ4v) is 3.27. The highest BCUT2D eigenvalue weighted by Gasteiger charge is 2.21. The molecule has 0 radical (unpaired) electrons. The Kier molecular flexibility index (Phi) is 4.60. The molecule has 0 aliphatic heterocycles. The van der Waals surface area contributed by atoms with E-state index in [0.29, 0.717) is 5.69 Å². The van der Waals surface area contributed by atoms with Crippen LogP contribution in [0, 0.1) is 0 Å². The van der Waals surface area contributed by atoms with Crippen LogP contribution in [0.5, 0.6) is 0 Å². The topological polar surface area (TPSA) is 120 Å². The van der Waals surface area contributed by atoms with Crippen molar-refractivity contribution in [3.63, 3.8) is 0 Å². The maximum Gasteiger partial charge on any atom is 0.322 e. The summed E-state index contributed by atoms with van der Waals surface area (Å²) in [7, 11) is -1.73. The molecule has 3 aromatic rings. The van der Waals surface area contributed by atoms with Gasteiger partial charge in [0, 0.05) is 18.8 Å². The summed E-state index contributed by atoms with van der Waals surface area (Å²) >= 11 is 0. The highest BCUT2D eigenvalue weighted by atomic mass is 32.2. The van der Waals surface area contributed by atoms with Crippen LogP contribution in [0.4, 0.5) is 6.01 Å². The average molecular weight is 375 g/mol. The molecule has 26 heavy (non-hydrogen) atoms. The van der Waals surface area contributed by atoms with Gasteiger partial charge in [-0.15, -0.1) is 5.10 Å². The zero-order valence-electron chi connectivity index (χ0n) is 14.4. The molecule has 1 N–H and O–H groups in total. The van der Waals surface area contributed by atoms with E-state index in [1.807, 2.05) is 0 Å². The van der Waals surface area contributed by atoms with Crippen molar-refractivity contribution in [2.75, 3.05) is 5.32 Å². The van der Waals surface area contributed by atoms with Gasteiger partial charge in [0.2, 0.25) is 0 Å². The Labute approximate surface area is 150 Å².